The molecule has 0 atom stereocenters. The summed E-state index contributed by atoms with van der Waals surface area (Å²) in [5.41, 5.74) is 5.88. The topological polar surface area (TPSA) is 36.4 Å². The minimum atomic E-state index is 0.110. The van der Waals surface area contributed by atoms with Gasteiger partial charge in [0.1, 0.15) is 0 Å². The standard InChI is InChI=1S/C22H25N3O/c26-22-20-5-2-10-23-21(20)15-25(22)14-16-6-7-17-8-11-24(19-3-1-4-19)12-9-18(17)13-16/h2,5-7,10,13,19H,1,3-4,8-9,11-12,14-15H2. The van der Waals surface area contributed by atoms with Crippen LogP contribution in [0.3, 0.4) is 0 Å². The van der Waals surface area contributed by atoms with Gasteiger partial charge in [0, 0.05) is 31.9 Å². The van der Waals surface area contributed by atoms with Crippen molar-refractivity contribution < 1.29 is 4.79 Å². The van der Waals surface area contributed by atoms with Gasteiger partial charge in [0.05, 0.1) is 17.8 Å². The zero-order valence-electron chi connectivity index (χ0n) is 15.2. The molecular formula is C22H25N3O. The number of pyridine rings is 1. The highest BCUT2D eigenvalue weighted by Gasteiger charge is 2.29. The summed E-state index contributed by atoms with van der Waals surface area (Å²) >= 11 is 0. The molecule has 0 unspecified atom stereocenters. The molecule has 0 saturated heterocycles. The van der Waals surface area contributed by atoms with Crippen LogP contribution in [0.15, 0.2) is 36.5 Å². The van der Waals surface area contributed by atoms with Gasteiger partial charge < -0.3 is 4.90 Å². The van der Waals surface area contributed by atoms with E-state index in [1.807, 2.05) is 17.0 Å². The van der Waals surface area contributed by atoms with Gasteiger partial charge in [0.2, 0.25) is 0 Å². The number of aromatic nitrogens is 1. The highest BCUT2D eigenvalue weighted by atomic mass is 16.2. The fraction of sp³-hybridized carbons (Fsp3) is 0.455. The first-order chi connectivity index (χ1) is 12.8. The van der Waals surface area contributed by atoms with Crippen molar-refractivity contribution in [2.45, 2.75) is 51.2 Å². The lowest BCUT2D eigenvalue weighted by Crippen LogP contribution is -2.41. The summed E-state index contributed by atoms with van der Waals surface area (Å²) in [5, 5.41) is 0. The Morgan fingerprint density at radius 3 is 2.69 bits per heavy atom. The van der Waals surface area contributed by atoms with Gasteiger partial charge in [0.15, 0.2) is 0 Å². The molecule has 1 saturated carbocycles. The van der Waals surface area contributed by atoms with E-state index in [1.165, 1.54) is 49.0 Å². The maximum atomic E-state index is 12.6. The predicted molar refractivity (Wildman–Crippen MR) is 101 cm³/mol. The average Bonchev–Trinajstić information content (AvgIpc) is 2.79. The largest absolute Gasteiger partial charge is 0.328 e. The highest BCUT2D eigenvalue weighted by Crippen LogP contribution is 2.28. The number of hydrogen-bond donors (Lipinski definition) is 0. The Balaban J connectivity index is 1.30. The number of rotatable bonds is 3. The first-order valence-electron chi connectivity index (χ1n) is 9.86. The molecule has 1 fully saturated rings. The lowest BCUT2D eigenvalue weighted by atomic mass is 9.91. The van der Waals surface area contributed by atoms with E-state index in [0.717, 1.165) is 30.1 Å². The third-order valence-corrected chi connectivity index (χ3v) is 6.32. The quantitative estimate of drug-likeness (QED) is 0.856. The van der Waals surface area contributed by atoms with Gasteiger partial charge in [-0.15, -0.1) is 0 Å². The molecule has 0 bridgehead atoms. The van der Waals surface area contributed by atoms with Crippen LogP contribution >= 0.6 is 0 Å². The fourth-order valence-corrected chi connectivity index (χ4v) is 4.54. The molecule has 0 spiro atoms. The Bertz CT molecular complexity index is 843. The molecule has 2 aromatic rings. The van der Waals surface area contributed by atoms with Gasteiger partial charge in [-0.1, -0.05) is 24.6 Å². The lowest BCUT2D eigenvalue weighted by molar-refractivity contribution is 0.0766. The molecule has 0 radical (unpaired) electrons. The van der Waals surface area contributed by atoms with Crippen LogP contribution in [0.1, 0.15) is 52.0 Å². The first kappa shape index (κ1) is 16.0. The molecule has 1 amide bonds. The molecule has 134 valence electrons. The number of benzene rings is 1. The summed E-state index contributed by atoms with van der Waals surface area (Å²) < 4.78 is 0. The summed E-state index contributed by atoms with van der Waals surface area (Å²) in [4.78, 5) is 21.5. The van der Waals surface area contributed by atoms with E-state index < -0.39 is 0 Å². The van der Waals surface area contributed by atoms with Gasteiger partial charge in [0.25, 0.3) is 5.91 Å². The zero-order chi connectivity index (χ0) is 17.5. The van der Waals surface area contributed by atoms with Crippen LogP contribution in [0.5, 0.6) is 0 Å². The lowest BCUT2D eigenvalue weighted by Gasteiger charge is -2.36. The van der Waals surface area contributed by atoms with Crippen molar-refractivity contribution >= 4 is 5.91 Å². The second kappa shape index (κ2) is 6.51. The number of carbonyl (C=O) groups excluding carboxylic acids is 1. The molecular weight excluding hydrogens is 322 g/mol. The van der Waals surface area contributed by atoms with Gasteiger partial charge in [-0.25, -0.2) is 0 Å². The van der Waals surface area contributed by atoms with E-state index >= 15 is 0 Å². The van der Waals surface area contributed by atoms with Crippen LogP contribution in [-0.4, -0.2) is 39.8 Å². The van der Waals surface area contributed by atoms with E-state index in [2.05, 4.69) is 28.1 Å². The smallest absolute Gasteiger partial charge is 0.256 e. The Labute approximate surface area is 154 Å². The van der Waals surface area contributed by atoms with Crippen molar-refractivity contribution in [3.63, 3.8) is 0 Å². The molecule has 1 aromatic heterocycles. The molecule has 2 aliphatic heterocycles. The predicted octanol–water partition coefficient (Wildman–Crippen LogP) is 3.19. The number of fused-ring (bicyclic) bond motifs is 2. The molecule has 3 heterocycles. The SMILES string of the molecule is O=C1c2cccnc2CN1Cc1ccc2c(c1)CCN(C1CCC1)CC2. The molecule has 0 N–H and O–H groups in total. The number of carbonyl (C=O) groups is 1. The maximum Gasteiger partial charge on any atom is 0.256 e. The summed E-state index contributed by atoms with van der Waals surface area (Å²) in [7, 11) is 0. The summed E-state index contributed by atoms with van der Waals surface area (Å²) in [6.45, 7) is 3.68. The number of amides is 1. The van der Waals surface area contributed by atoms with Gasteiger partial charge in [-0.3, -0.25) is 14.7 Å². The van der Waals surface area contributed by atoms with Crippen LogP contribution in [0.4, 0.5) is 0 Å². The average molecular weight is 347 g/mol. The van der Waals surface area contributed by atoms with Gasteiger partial charge in [-0.2, -0.15) is 0 Å². The summed E-state index contributed by atoms with van der Waals surface area (Å²) in [5.74, 6) is 0.110. The van der Waals surface area contributed by atoms with Crippen molar-refractivity contribution in [2.24, 2.45) is 0 Å². The van der Waals surface area contributed by atoms with E-state index in [-0.39, 0.29) is 5.91 Å². The third kappa shape index (κ3) is 2.82. The number of nitrogens with zero attached hydrogens (tertiary/aromatic N) is 3. The normalized spacial score (nSPS) is 20.5. The number of hydrogen-bond acceptors (Lipinski definition) is 3. The van der Waals surface area contributed by atoms with Crippen LogP contribution < -0.4 is 0 Å². The van der Waals surface area contributed by atoms with E-state index in [1.54, 1.807) is 6.20 Å². The molecule has 5 rings (SSSR count). The Morgan fingerprint density at radius 1 is 1.08 bits per heavy atom. The van der Waals surface area contributed by atoms with Crippen molar-refractivity contribution in [3.05, 3.63) is 64.5 Å². The monoisotopic (exact) mass is 347 g/mol. The minimum Gasteiger partial charge on any atom is -0.328 e. The second-order valence-corrected chi connectivity index (χ2v) is 7.88. The van der Waals surface area contributed by atoms with Crippen molar-refractivity contribution in [1.82, 2.24) is 14.8 Å². The van der Waals surface area contributed by atoms with Crippen LogP contribution in [0.25, 0.3) is 0 Å². The first-order valence-corrected chi connectivity index (χ1v) is 9.86. The van der Waals surface area contributed by atoms with Crippen LogP contribution in [0, 0.1) is 0 Å². The van der Waals surface area contributed by atoms with Crippen LogP contribution in [-0.2, 0) is 25.9 Å². The second-order valence-electron chi connectivity index (χ2n) is 7.88. The molecule has 1 aromatic carbocycles. The molecule has 26 heavy (non-hydrogen) atoms. The summed E-state index contributed by atoms with van der Waals surface area (Å²) in [6, 6.07) is 11.4. The van der Waals surface area contributed by atoms with Crippen molar-refractivity contribution in [1.29, 1.82) is 0 Å². The molecule has 4 nitrogen and oxygen atoms in total. The van der Waals surface area contributed by atoms with Gasteiger partial charge in [-0.05, 0) is 54.5 Å². The minimum absolute atomic E-state index is 0.110. The Morgan fingerprint density at radius 2 is 1.92 bits per heavy atom. The van der Waals surface area contributed by atoms with E-state index in [0.29, 0.717) is 13.1 Å². The summed E-state index contributed by atoms with van der Waals surface area (Å²) in [6.07, 6.45) is 8.23. The third-order valence-electron chi connectivity index (χ3n) is 6.32. The maximum absolute atomic E-state index is 12.6. The molecule has 4 heteroatoms. The molecule has 3 aliphatic rings. The zero-order valence-corrected chi connectivity index (χ0v) is 15.2. The van der Waals surface area contributed by atoms with E-state index in [9.17, 15) is 4.79 Å². The molecule has 1 aliphatic carbocycles. The van der Waals surface area contributed by atoms with E-state index in [4.69, 9.17) is 0 Å². The highest BCUT2D eigenvalue weighted by molar-refractivity contribution is 5.97. The van der Waals surface area contributed by atoms with Crippen LogP contribution in [0.2, 0.25) is 0 Å². The van der Waals surface area contributed by atoms with Gasteiger partial charge >= 0.3 is 0 Å². The Hall–Kier alpha value is -2.20. The van der Waals surface area contributed by atoms with Crippen molar-refractivity contribution in [2.75, 3.05) is 13.1 Å². The fourth-order valence-electron chi connectivity index (χ4n) is 4.54. The van der Waals surface area contributed by atoms with Crippen molar-refractivity contribution in [3.8, 4) is 0 Å². The Kier molecular flexibility index (Phi) is 4.01.